The first-order chi connectivity index (χ1) is 7.60. The molecule has 0 spiro atoms. The third kappa shape index (κ3) is 4.01. The van der Waals surface area contributed by atoms with Gasteiger partial charge in [0.25, 0.3) is 0 Å². The number of sulfonamides is 1. The first kappa shape index (κ1) is 13.9. The van der Waals surface area contributed by atoms with Gasteiger partial charge >= 0.3 is 0 Å². The van der Waals surface area contributed by atoms with Gasteiger partial charge in [0.15, 0.2) is 0 Å². The SMILES string of the molecule is CCC1CN(S(=O)(=O)CCCNC)CCO1. The van der Waals surface area contributed by atoms with Crippen molar-refractivity contribution in [1.29, 1.82) is 0 Å². The fourth-order valence-electron chi connectivity index (χ4n) is 1.75. The molecule has 1 saturated heterocycles. The fourth-order valence-corrected chi connectivity index (χ4v) is 3.27. The second-order valence-electron chi connectivity index (χ2n) is 4.03. The number of hydrogen-bond donors (Lipinski definition) is 1. The topological polar surface area (TPSA) is 58.6 Å². The first-order valence-corrected chi connectivity index (χ1v) is 7.45. The zero-order valence-corrected chi connectivity index (χ0v) is 10.9. The van der Waals surface area contributed by atoms with Gasteiger partial charge in [0.1, 0.15) is 0 Å². The molecule has 0 aromatic heterocycles. The number of nitrogens with one attached hydrogen (secondary N) is 1. The van der Waals surface area contributed by atoms with Crippen LogP contribution in [0.15, 0.2) is 0 Å². The lowest BCUT2D eigenvalue weighted by molar-refractivity contribution is -0.00276. The van der Waals surface area contributed by atoms with Crippen LogP contribution in [0.2, 0.25) is 0 Å². The predicted octanol–water partition coefficient (Wildman–Crippen LogP) is 0.0365. The van der Waals surface area contributed by atoms with Crippen LogP contribution in [0.3, 0.4) is 0 Å². The maximum atomic E-state index is 12.0. The van der Waals surface area contributed by atoms with E-state index in [1.165, 1.54) is 0 Å². The van der Waals surface area contributed by atoms with Crippen LogP contribution in [0.1, 0.15) is 19.8 Å². The second kappa shape index (κ2) is 6.54. The molecule has 1 N–H and O–H groups in total. The Bertz CT molecular complexity index is 292. The molecule has 96 valence electrons. The van der Waals surface area contributed by atoms with Gasteiger partial charge in [-0.25, -0.2) is 8.42 Å². The largest absolute Gasteiger partial charge is 0.375 e. The molecule has 0 aliphatic carbocycles. The highest BCUT2D eigenvalue weighted by Gasteiger charge is 2.27. The molecular formula is C10H22N2O3S. The molecule has 0 aromatic carbocycles. The molecule has 0 aromatic rings. The van der Waals surface area contributed by atoms with Gasteiger partial charge in [-0.2, -0.15) is 4.31 Å². The summed E-state index contributed by atoms with van der Waals surface area (Å²) in [5, 5.41) is 2.96. The minimum Gasteiger partial charge on any atom is -0.375 e. The van der Waals surface area contributed by atoms with Crippen molar-refractivity contribution in [2.24, 2.45) is 0 Å². The van der Waals surface area contributed by atoms with E-state index in [9.17, 15) is 8.42 Å². The highest BCUT2D eigenvalue weighted by molar-refractivity contribution is 7.89. The van der Waals surface area contributed by atoms with Gasteiger partial charge < -0.3 is 10.1 Å². The Morgan fingerprint density at radius 3 is 2.88 bits per heavy atom. The molecule has 0 saturated carbocycles. The molecule has 1 heterocycles. The van der Waals surface area contributed by atoms with Crippen LogP contribution in [0.25, 0.3) is 0 Å². The van der Waals surface area contributed by atoms with Crippen molar-refractivity contribution in [1.82, 2.24) is 9.62 Å². The van der Waals surface area contributed by atoms with E-state index in [4.69, 9.17) is 4.74 Å². The van der Waals surface area contributed by atoms with Gasteiger partial charge in [-0.1, -0.05) is 6.92 Å². The van der Waals surface area contributed by atoms with Gasteiger partial charge in [-0.05, 0) is 26.4 Å². The van der Waals surface area contributed by atoms with Gasteiger partial charge in [0, 0.05) is 13.1 Å². The highest BCUT2D eigenvalue weighted by atomic mass is 32.2. The fraction of sp³-hybridized carbons (Fsp3) is 1.00. The quantitative estimate of drug-likeness (QED) is 0.676. The average Bonchev–Trinajstić information content (AvgIpc) is 2.29. The summed E-state index contributed by atoms with van der Waals surface area (Å²) in [6, 6.07) is 0. The Hall–Kier alpha value is -0.170. The molecular weight excluding hydrogens is 228 g/mol. The van der Waals surface area contributed by atoms with Crippen LogP contribution in [0.4, 0.5) is 0 Å². The number of ether oxygens (including phenoxy) is 1. The van der Waals surface area contributed by atoms with E-state index in [-0.39, 0.29) is 11.9 Å². The van der Waals surface area contributed by atoms with Gasteiger partial charge in [0.05, 0.1) is 18.5 Å². The molecule has 1 fully saturated rings. The Balaban J connectivity index is 2.47. The van der Waals surface area contributed by atoms with Crippen molar-refractivity contribution in [2.45, 2.75) is 25.9 Å². The molecule has 16 heavy (non-hydrogen) atoms. The summed E-state index contributed by atoms with van der Waals surface area (Å²) >= 11 is 0. The minimum atomic E-state index is -3.09. The van der Waals surface area contributed by atoms with Gasteiger partial charge in [-0.3, -0.25) is 0 Å². The van der Waals surface area contributed by atoms with E-state index in [1.807, 2.05) is 14.0 Å². The maximum absolute atomic E-state index is 12.0. The summed E-state index contributed by atoms with van der Waals surface area (Å²) < 4.78 is 31.0. The minimum absolute atomic E-state index is 0.0628. The lowest BCUT2D eigenvalue weighted by Crippen LogP contribution is -2.46. The Labute approximate surface area is 98.2 Å². The van der Waals surface area contributed by atoms with Crippen LogP contribution in [-0.4, -0.2) is 57.9 Å². The summed E-state index contributed by atoms with van der Waals surface area (Å²) in [6.07, 6.45) is 1.59. The Morgan fingerprint density at radius 1 is 1.50 bits per heavy atom. The van der Waals surface area contributed by atoms with Crippen molar-refractivity contribution in [2.75, 3.05) is 39.0 Å². The van der Waals surface area contributed by atoms with Crippen molar-refractivity contribution in [3.8, 4) is 0 Å². The van der Waals surface area contributed by atoms with Crippen LogP contribution >= 0.6 is 0 Å². The lowest BCUT2D eigenvalue weighted by atomic mass is 10.2. The van der Waals surface area contributed by atoms with Crippen LogP contribution in [0, 0.1) is 0 Å². The van der Waals surface area contributed by atoms with E-state index in [2.05, 4.69) is 5.32 Å². The second-order valence-corrected chi connectivity index (χ2v) is 6.12. The summed E-state index contributed by atoms with van der Waals surface area (Å²) in [4.78, 5) is 0. The van der Waals surface area contributed by atoms with Crippen molar-refractivity contribution in [3.63, 3.8) is 0 Å². The van der Waals surface area contributed by atoms with Crippen LogP contribution < -0.4 is 5.32 Å². The molecule has 0 radical (unpaired) electrons. The third-order valence-corrected chi connectivity index (χ3v) is 4.70. The van der Waals surface area contributed by atoms with Crippen LogP contribution in [-0.2, 0) is 14.8 Å². The van der Waals surface area contributed by atoms with Gasteiger partial charge in [-0.15, -0.1) is 0 Å². The molecule has 0 bridgehead atoms. The third-order valence-electron chi connectivity index (χ3n) is 2.78. The van der Waals surface area contributed by atoms with E-state index >= 15 is 0 Å². The van der Waals surface area contributed by atoms with Crippen LogP contribution in [0.5, 0.6) is 0 Å². The molecule has 1 atom stereocenters. The molecule has 6 heteroatoms. The lowest BCUT2D eigenvalue weighted by Gasteiger charge is -2.31. The number of hydrogen-bond acceptors (Lipinski definition) is 4. The number of morpholine rings is 1. The monoisotopic (exact) mass is 250 g/mol. The van der Waals surface area contributed by atoms with Crippen molar-refractivity contribution in [3.05, 3.63) is 0 Å². The molecule has 1 aliphatic rings. The van der Waals surface area contributed by atoms with E-state index < -0.39 is 10.0 Å². The molecule has 1 unspecified atom stereocenters. The van der Waals surface area contributed by atoms with E-state index in [0.29, 0.717) is 26.1 Å². The Morgan fingerprint density at radius 2 is 2.25 bits per heavy atom. The number of nitrogens with zero attached hydrogens (tertiary/aromatic N) is 1. The molecule has 0 amide bonds. The molecule has 1 rings (SSSR count). The van der Waals surface area contributed by atoms with Gasteiger partial charge in [0.2, 0.25) is 10.0 Å². The smallest absolute Gasteiger partial charge is 0.214 e. The number of rotatable bonds is 6. The zero-order chi connectivity index (χ0) is 12.0. The summed E-state index contributed by atoms with van der Waals surface area (Å²) in [6.45, 7) is 4.28. The zero-order valence-electron chi connectivity index (χ0n) is 10.1. The molecule has 1 aliphatic heterocycles. The maximum Gasteiger partial charge on any atom is 0.214 e. The summed E-state index contributed by atoms with van der Waals surface area (Å²) in [5.74, 6) is 0.226. The predicted molar refractivity (Wildman–Crippen MR) is 63.9 cm³/mol. The summed E-state index contributed by atoms with van der Waals surface area (Å²) in [7, 11) is -1.26. The first-order valence-electron chi connectivity index (χ1n) is 5.84. The van der Waals surface area contributed by atoms with E-state index in [1.54, 1.807) is 4.31 Å². The Kier molecular flexibility index (Phi) is 5.68. The summed E-state index contributed by atoms with van der Waals surface area (Å²) in [5.41, 5.74) is 0. The van der Waals surface area contributed by atoms with E-state index in [0.717, 1.165) is 13.0 Å². The average molecular weight is 250 g/mol. The normalized spacial score (nSPS) is 23.5. The van der Waals surface area contributed by atoms with Crippen molar-refractivity contribution >= 4 is 10.0 Å². The standard InChI is InChI=1S/C10H22N2O3S/c1-3-10-9-12(6-7-15-10)16(13,14)8-4-5-11-2/h10-11H,3-9H2,1-2H3. The van der Waals surface area contributed by atoms with Crippen molar-refractivity contribution < 1.29 is 13.2 Å². The highest BCUT2D eigenvalue weighted by Crippen LogP contribution is 2.13. The molecule has 5 nitrogen and oxygen atoms in total.